The Labute approximate surface area is 318 Å². The fourth-order valence-electron chi connectivity index (χ4n) is 6.57. The third kappa shape index (κ3) is 10.1. The first-order valence-electron chi connectivity index (χ1n) is 17.7. The Morgan fingerprint density at radius 3 is 2.18 bits per heavy atom. The van der Waals surface area contributed by atoms with E-state index >= 15 is 0 Å². The van der Waals surface area contributed by atoms with Gasteiger partial charge in [0, 0.05) is 48.1 Å². The molecule has 0 saturated heterocycles. The SMILES string of the molecule is CCS(=O)(=O)NC(=O)[C@@]1(NC(=O)CCCCC(=O)c2ccc(Cc3nc(NC4(c5ccc(Cl)cc5)CC4)nc(OCC(F)(F)F)n3)cc2)C[C@H]1C1CC1(F)F. The molecule has 3 fully saturated rings. The van der Waals surface area contributed by atoms with Crippen molar-refractivity contribution in [3.63, 3.8) is 0 Å². The smallest absolute Gasteiger partial charge is 0.422 e. The van der Waals surface area contributed by atoms with Gasteiger partial charge in [-0.2, -0.15) is 28.1 Å². The second-order valence-corrected chi connectivity index (χ2v) is 16.7. The summed E-state index contributed by atoms with van der Waals surface area (Å²) < 4.78 is 97.1. The number of ketones is 1. The molecule has 6 rings (SSSR count). The highest BCUT2D eigenvalue weighted by atomic mass is 35.5. The van der Waals surface area contributed by atoms with Crippen molar-refractivity contribution < 1.29 is 49.5 Å². The van der Waals surface area contributed by atoms with Crippen molar-refractivity contribution >= 4 is 45.2 Å². The average Bonchev–Trinajstić information content (AvgIpc) is 4.07. The van der Waals surface area contributed by atoms with Gasteiger partial charge in [-0.15, -0.1) is 0 Å². The summed E-state index contributed by atoms with van der Waals surface area (Å²) in [5.41, 5.74) is -0.313. The topological polar surface area (TPSA) is 169 Å². The van der Waals surface area contributed by atoms with Gasteiger partial charge in [0.05, 0.1) is 11.3 Å². The molecule has 1 aromatic heterocycles. The maximum atomic E-state index is 13.8. The Bertz CT molecular complexity index is 2050. The molecule has 3 aliphatic carbocycles. The molecule has 12 nitrogen and oxygen atoms in total. The molecule has 2 amide bonds. The van der Waals surface area contributed by atoms with E-state index in [0.717, 1.165) is 18.4 Å². The maximum Gasteiger partial charge on any atom is 0.422 e. The zero-order chi connectivity index (χ0) is 39.8. The van der Waals surface area contributed by atoms with Gasteiger partial charge in [0.2, 0.25) is 21.9 Å². The number of unbranched alkanes of at least 4 members (excludes halogenated alkanes) is 1. The number of carbonyl (C=O) groups excluding carboxylic acids is 3. The van der Waals surface area contributed by atoms with Crippen molar-refractivity contribution in [3.8, 4) is 6.01 Å². The van der Waals surface area contributed by atoms with Crippen LogP contribution < -0.4 is 20.1 Å². The number of rotatable bonds is 18. The fraction of sp³-hybridized carbons (Fsp3) is 0.500. The number of nitrogens with one attached hydrogen (secondary N) is 3. The molecule has 19 heteroatoms. The zero-order valence-corrected chi connectivity index (χ0v) is 31.1. The number of benzene rings is 2. The number of nitrogens with zero attached hydrogens (tertiary/aromatic N) is 3. The van der Waals surface area contributed by atoms with Gasteiger partial charge in [-0.1, -0.05) is 48.0 Å². The number of sulfonamides is 1. The molecule has 3 aliphatic rings. The Morgan fingerprint density at radius 1 is 0.927 bits per heavy atom. The predicted molar refractivity (Wildman–Crippen MR) is 189 cm³/mol. The molecule has 1 heterocycles. The van der Waals surface area contributed by atoms with Gasteiger partial charge in [0.15, 0.2) is 12.4 Å². The van der Waals surface area contributed by atoms with Gasteiger partial charge in [0.1, 0.15) is 11.4 Å². The minimum absolute atomic E-state index is 0.0411. The number of alkyl halides is 5. The number of hydrogen-bond acceptors (Lipinski definition) is 10. The molecule has 3 aromatic rings. The minimum atomic E-state index is -4.61. The molecular formula is C36H38ClF5N6O6S. The highest BCUT2D eigenvalue weighted by Crippen LogP contribution is 2.64. The lowest BCUT2D eigenvalue weighted by molar-refractivity contribution is -0.154. The van der Waals surface area contributed by atoms with Gasteiger partial charge >= 0.3 is 12.2 Å². The lowest BCUT2D eigenvalue weighted by Gasteiger charge is -2.19. The molecule has 1 unspecified atom stereocenters. The van der Waals surface area contributed by atoms with Crippen LogP contribution >= 0.6 is 11.6 Å². The Balaban J connectivity index is 1.02. The molecule has 55 heavy (non-hydrogen) atoms. The van der Waals surface area contributed by atoms with E-state index in [2.05, 4.69) is 25.6 Å². The van der Waals surface area contributed by atoms with Crippen LogP contribution in [-0.2, 0) is 31.6 Å². The van der Waals surface area contributed by atoms with Crippen LogP contribution in [0.25, 0.3) is 0 Å². The average molecular weight is 813 g/mol. The molecule has 0 radical (unpaired) electrons. The van der Waals surface area contributed by atoms with E-state index in [0.29, 0.717) is 22.6 Å². The van der Waals surface area contributed by atoms with E-state index < -0.39 is 81.6 Å². The fourth-order valence-corrected chi connectivity index (χ4v) is 7.30. The van der Waals surface area contributed by atoms with Crippen molar-refractivity contribution in [1.29, 1.82) is 0 Å². The number of amides is 2. The molecule has 3 atom stereocenters. The number of carbonyl (C=O) groups is 3. The summed E-state index contributed by atoms with van der Waals surface area (Å²) in [7, 11) is -3.98. The van der Waals surface area contributed by atoms with E-state index in [9.17, 15) is 44.8 Å². The Morgan fingerprint density at radius 2 is 1.58 bits per heavy atom. The lowest BCUT2D eigenvalue weighted by Crippen LogP contribution is -2.52. The molecule has 0 bridgehead atoms. The van der Waals surface area contributed by atoms with Crippen molar-refractivity contribution in [2.75, 3.05) is 17.7 Å². The van der Waals surface area contributed by atoms with E-state index in [1.54, 1.807) is 36.4 Å². The van der Waals surface area contributed by atoms with Crippen LogP contribution in [0.2, 0.25) is 5.02 Å². The molecule has 3 N–H and O–H groups in total. The molecular weight excluding hydrogens is 775 g/mol. The van der Waals surface area contributed by atoms with Crippen molar-refractivity contribution in [2.45, 2.75) is 87.9 Å². The molecule has 0 spiro atoms. The highest BCUT2D eigenvalue weighted by Gasteiger charge is 2.74. The van der Waals surface area contributed by atoms with Gasteiger partial charge in [0.25, 0.3) is 11.8 Å². The van der Waals surface area contributed by atoms with E-state index in [1.165, 1.54) is 6.92 Å². The first-order valence-corrected chi connectivity index (χ1v) is 19.7. The first kappa shape index (κ1) is 40.2. The van der Waals surface area contributed by atoms with Crippen LogP contribution in [0.5, 0.6) is 6.01 Å². The number of aromatic nitrogens is 3. The predicted octanol–water partition coefficient (Wildman–Crippen LogP) is 5.90. The minimum Gasteiger partial charge on any atom is -0.454 e. The van der Waals surface area contributed by atoms with Crippen LogP contribution in [0, 0.1) is 11.8 Å². The number of halogens is 6. The van der Waals surface area contributed by atoms with Crippen molar-refractivity contribution in [1.82, 2.24) is 25.0 Å². The molecule has 296 valence electrons. The van der Waals surface area contributed by atoms with E-state index in [4.69, 9.17) is 16.3 Å². The summed E-state index contributed by atoms with van der Waals surface area (Å²) in [6.07, 6.45) is -3.12. The Kier molecular flexibility index (Phi) is 11.1. The number of ether oxygens (including phenoxy) is 1. The standard InChI is InChI=1S/C36H38ClF5N6O6S/c1-2-55(52,53)48-30(51)34(18-25(34)26-19-35(26,38)39)46-29(50)6-4-3-5-27(49)22-9-7-21(8-10-22)17-28-43-31(45-32(44-28)54-20-36(40,41)42)47-33(15-16-33)23-11-13-24(37)14-12-23/h7-14,25-26H,2-6,15-20H2,1H3,(H,46,50)(H,48,51)(H,43,44,45,47)/t25-,26?,34+/m0/s1. The van der Waals surface area contributed by atoms with Gasteiger partial charge < -0.3 is 15.4 Å². The van der Waals surface area contributed by atoms with Crippen LogP contribution in [-0.4, -0.2) is 71.0 Å². The van der Waals surface area contributed by atoms with Crippen LogP contribution in [0.4, 0.5) is 27.9 Å². The Hall–Kier alpha value is -4.45. The summed E-state index contributed by atoms with van der Waals surface area (Å²) in [6, 6.07) is 13.1. The number of anilines is 1. The highest BCUT2D eigenvalue weighted by molar-refractivity contribution is 7.90. The summed E-state index contributed by atoms with van der Waals surface area (Å²) in [6.45, 7) is -0.279. The third-order valence-electron chi connectivity index (χ3n) is 9.99. The third-order valence-corrected chi connectivity index (χ3v) is 11.5. The van der Waals surface area contributed by atoms with Gasteiger partial charge in [-0.25, -0.2) is 17.2 Å². The largest absolute Gasteiger partial charge is 0.454 e. The summed E-state index contributed by atoms with van der Waals surface area (Å²) in [4.78, 5) is 51.1. The van der Waals surface area contributed by atoms with Gasteiger partial charge in [-0.05, 0) is 62.3 Å². The number of Topliss-reactive ketones (excluding diaryl/α,β-unsaturated/α-hetero) is 1. The quantitative estimate of drug-likeness (QED) is 0.0800. The summed E-state index contributed by atoms with van der Waals surface area (Å²) in [5.74, 6) is -7.07. The zero-order valence-electron chi connectivity index (χ0n) is 29.5. The molecule has 0 aliphatic heterocycles. The molecule has 3 saturated carbocycles. The van der Waals surface area contributed by atoms with E-state index in [-0.39, 0.29) is 49.7 Å². The second kappa shape index (κ2) is 15.2. The van der Waals surface area contributed by atoms with Crippen LogP contribution in [0.15, 0.2) is 48.5 Å². The van der Waals surface area contributed by atoms with Crippen molar-refractivity contribution in [3.05, 3.63) is 76.1 Å². The normalized spacial score (nSPS) is 21.9. The molecule has 2 aromatic carbocycles. The maximum absolute atomic E-state index is 13.8. The summed E-state index contributed by atoms with van der Waals surface area (Å²) in [5, 5.41) is 6.28. The van der Waals surface area contributed by atoms with Crippen LogP contribution in [0.3, 0.4) is 0 Å². The summed E-state index contributed by atoms with van der Waals surface area (Å²) >= 11 is 6.03. The monoisotopic (exact) mass is 812 g/mol. The van der Waals surface area contributed by atoms with Crippen molar-refractivity contribution in [2.24, 2.45) is 11.8 Å². The first-order chi connectivity index (χ1) is 25.8. The lowest BCUT2D eigenvalue weighted by atomic mass is 10.0. The second-order valence-electron chi connectivity index (χ2n) is 14.2. The van der Waals surface area contributed by atoms with Gasteiger partial charge in [-0.3, -0.25) is 19.1 Å². The number of hydrogen-bond donors (Lipinski definition) is 3. The van der Waals surface area contributed by atoms with E-state index in [1.807, 2.05) is 16.9 Å². The van der Waals surface area contributed by atoms with Crippen LogP contribution in [0.1, 0.15) is 85.6 Å².